The van der Waals surface area contributed by atoms with Gasteiger partial charge in [0.1, 0.15) is 0 Å². The van der Waals surface area contributed by atoms with Gasteiger partial charge in [-0.2, -0.15) is 5.26 Å². The van der Waals surface area contributed by atoms with E-state index in [-0.39, 0.29) is 0 Å². The zero-order valence-corrected chi connectivity index (χ0v) is 10.5. The third-order valence-electron chi connectivity index (χ3n) is 2.83. The van der Waals surface area contributed by atoms with Gasteiger partial charge in [0.2, 0.25) is 10.0 Å². The minimum absolute atomic E-state index is 0.397. The molecule has 0 amide bonds. The Morgan fingerprint density at radius 1 is 1.38 bits per heavy atom. The van der Waals surface area contributed by atoms with Crippen molar-refractivity contribution in [2.24, 2.45) is 0 Å². The van der Waals surface area contributed by atoms with Gasteiger partial charge in [-0.05, 0) is 32.9 Å². The highest BCUT2D eigenvalue weighted by atomic mass is 32.2. The van der Waals surface area contributed by atoms with Crippen molar-refractivity contribution >= 4 is 10.0 Å². The summed E-state index contributed by atoms with van der Waals surface area (Å²) < 4.78 is 25.4. The molecule has 0 radical (unpaired) electrons. The van der Waals surface area contributed by atoms with Gasteiger partial charge in [-0.1, -0.05) is 6.42 Å². The number of hydrogen-bond donors (Lipinski definition) is 1. The average Bonchev–Trinajstić information content (AvgIpc) is 2.29. The second-order valence-corrected chi connectivity index (χ2v) is 6.20. The fourth-order valence-corrected chi connectivity index (χ4v) is 2.49. The summed E-state index contributed by atoms with van der Waals surface area (Å²) in [6.45, 7) is 4.63. The Labute approximate surface area is 97.5 Å². The minimum atomic E-state index is -3.45. The Kier molecular flexibility index (Phi) is 5.19. The summed E-state index contributed by atoms with van der Waals surface area (Å²) in [4.78, 5) is 2.25. The van der Waals surface area contributed by atoms with E-state index in [1.807, 2.05) is 0 Å². The molecule has 0 aromatic carbocycles. The van der Waals surface area contributed by atoms with Crippen molar-refractivity contribution in [3.63, 3.8) is 0 Å². The molecule has 0 bridgehead atoms. The van der Waals surface area contributed by atoms with E-state index in [1.165, 1.54) is 26.2 Å². The molecule has 1 fully saturated rings. The molecule has 1 heterocycles. The molecule has 1 unspecified atom stereocenters. The summed E-state index contributed by atoms with van der Waals surface area (Å²) in [6, 6.07) is 1.73. The van der Waals surface area contributed by atoms with Crippen LogP contribution in [-0.2, 0) is 10.0 Å². The zero-order valence-electron chi connectivity index (χ0n) is 9.65. The first kappa shape index (κ1) is 13.4. The lowest BCUT2D eigenvalue weighted by molar-refractivity contribution is 0.232. The molecule has 92 valence electrons. The third-order valence-corrected chi connectivity index (χ3v) is 4.47. The van der Waals surface area contributed by atoms with Crippen LogP contribution in [0.2, 0.25) is 0 Å². The van der Waals surface area contributed by atoms with Gasteiger partial charge < -0.3 is 4.90 Å². The molecule has 1 saturated heterocycles. The third kappa shape index (κ3) is 4.08. The van der Waals surface area contributed by atoms with E-state index in [4.69, 9.17) is 5.26 Å². The Morgan fingerprint density at radius 3 is 2.56 bits per heavy atom. The van der Waals surface area contributed by atoms with E-state index in [0.29, 0.717) is 6.54 Å². The highest BCUT2D eigenvalue weighted by Gasteiger charge is 2.19. The highest BCUT2D eigenvalue weighted by Crippen LogP contribution is 2.07. The van der Waals surface area contributed by atoms with Gasteiger partial charge in [0, 0.05) is 13.1 Å². The van der Waals surface area contributed by atoms with Crippen LogP contribution in [0.3, 0.4) is 0 Å². The molecule has 1 aliphatic heterocycles. The SMILES string of the molecule is CC(C#N)S(=O)(=O)NCCN1CCCCC1. The van der Waals surface area contributed by atoms with Gasteiger partial charge in [0.25, 0.3) is 0 Å². The lowest BCUT2D eigenvalue weighted by Gasteiger charge is -2.26. The molecule has 5 nitrogen and oxygen atoms in total. The zero-order chi connectivity index (χ0) is 12.0. The molecule has 0 spiro atoms. The Morgan fingerprint density at radius 2 is 2.00 bits per heavy atom. The van der Waals surface area contributed by atoms with Crippen molar-refractivity contribution in [3.8, 4) is 6.07 Å². The standard InChI is InChI=1S/C10H19N3O2S/c1-10(9-11)16(14,15)12-5-8-13-6-3-2-4-7-13/h10,12H,2-8H2,1H3. The monoisotopic (exact) mass is 245 g/mol. The number of hydrogen-bond acceptors (Lipinski definition) is 4. The number of nitriles is 1. The predicted molar refractivity (Wildman–Crippen MR) is 62.3 cm³/mol. The molecule has 0 saturated carbocycles. The van der Waals surface area contributed by atoms with Crippen molar-refractivity contribution in [3.05, 3.63) is 0 Å². The molecule has 0 aromatic heterocycles. The van der Waals surface area contributed by atoms with Gasteiger partial charge in [-0.25, -0.2) is 13.1 Å². The van der Waals surface area contributed by atoms with E-state index in [2.05, 4.69) is 9.62 Å². The Hall–Kier alpha value is -0.640. The summed E-state index contributed by atoms with van der Waals surface area (Å²) in [7, 11) is -3.45. The predicted octanol–water partition coefficient (Wildman–Crippen LogP) is 0.304. The molecule has 0 aromatic rings. The summed E-state index contributed by atoms with van der Waals surface area (Å²) in [5, 5.41) is 7.56. The van der Waals surface area contributed by atoms with Crippen LogP contribution >= 0.6 is 0 Å². The lowest BCUT2D eigenvalue weighted by atomic mass is 10.1. The van der Waals surface area contributed by atoms with Crippen molar-refractivity contribution in [2.75, 3.05) is 26.2 Å². The largest absolute Gasteiger partial charge is 0.302 e. The molecule has 1 aliphatic rings. The maximum Gasteiger partial charge on any atom is 0.227 e. The van der Waals surface area contributed by atoms with E-state index < -0.39 is 15.3 Å². The van der Waals surface area contributed by atoms with Crippen LogP contribution in [0.5, 0.6) is 0 Å². The van der Waals surface area contributed by atoms with Crippen LogP contribution in [-0.4, -0.2) is 44.7 Å². The molecular weight excluding hydrogens is 226 g/mol. The van der Waals surface area contributed by atoms with Crippen LogP contribution < -0.4 is 4.72 Å². The highest BCUT2D eigenvalue weighted by molar-refractivity contribution is 7.90. The molecule has 0 aliphatic carbocycles. The normalized spacial score (nSPS) is 20.2. The van der Waals surface area contributed by atoms with Crippen LogP contribution in [0, 0.1) is 11.3 Å². The minimum Gasteiger partial charge on any atom is -0.302 e. The molecule has 1 N–H and O–H groups in total. The van der Waals surface area contributed by atoms with Crippen molar-refractivity contribution < 1.29 is 8.42 Å². The fourth-order valence-electron chi connectivity index (χ4n) is 1.72. The molecule has 6 heteroatoms. The average molecular weight is 245 g/mol. The van der Waals surface area contributed by atoms with Crippen LogP contribution in [0.4, 0.5) is 0 Å². The second kappa shape index (κ2) is 6.18. The molecule has 16 heavy (non-hydrogen) atoms. The maximum atomic E-state index is 11.5. The Balaban J connectivity index is 2.27. The van der Waals surface area contributed by atoms with E-state index >= 15 is 0 Å². The summed E-state index contributed by atoms with van der Waals surface area (Å²) in [5.41, 5.74) is 0. The van der Waals surface area contributed by atoms with Gasteiger partial charge >= 0.3 is 0 Å². The van der Waals surface area contributed by atoms with Crippen LogP contribution in [0.1, 0.15) is 26.2 Å². The number of rotatable bonds is 5. The number of nitrogens with one attached hydrogen (secondary N) is 1. The van der Waals surface area contributed by atoms with E-state index in [9.17, 15) is 8.42 Å². The first-order valence-corrected chi connectivity index (χ1v) is 7.21. The Bertz CT molecular complexity index is 342. The molecule has 1 rings (SSSR count). The van der Waals surface area contributed by atoms with Crippen molar-refractivity contribution in [1.82, 2.24) is 9.62 Å². The van der Waals surface area contributed by atoms with Gasteiger partial charge in [-0.15, -0.1) is 0 Å². The van der Waals surface area contributed by atoms with Crippen LogP contribution in [0.15, 0.2) is 0 Å². The van der Waals surface area contributed by atoms with Gasteiger partial charge in [0.05, 0.1) is 6.07 Å². The van der Waals surface area contributed by atoms with E-state index in [1.54, 1.807) is 6.07 Å². The topological polar surface area (TPSA) is 73.2 Å². The first-order valence-electron chi connectivity index (χ1n) is 5.67. The number of sulfonamides is 1. The smallest absolute Gasteiger partial charge is 0.227 e. The fraction of sp³-hybridized carbons (Fsp3) is 0.900. The van der Waals surface area contributed by atoms with Crippen LogP contribution in [0.25, 0.3) is 0 Å². The van der Waals surface area contributed by atoms with E-state index in [0.717, 1.165) is 19.6 Å². The number of likely N-dealkylation sites (tertiary alicyclic amines) is 1. The molecule has 1 atom stereocenters. The van der Waals surface area contributed by atoms with Crippen molar-refractivity contribution in [2.45, 2.75) is 31.4 Å². The number of piperidine rings is 1. The maximum absolute atomic E-state index is 11.5. The van der Waals surface area contributed by atoms with Gasteiger partial charge in [-0.3, -0.25) is 0 Å². The quantitative estimate of drug-likeness (QED) is 0.756. The summed E-state index contributed by atoms with van der Waals surface area (Å²) >= 11 is 0. The first-order chi connectivity index (χ1) is 7.56. The molecular formula is C10H19N3O2S. The lowest BCUT2D eigenvalue weighted by Crippen LogP contribution is -2.39. The second-order valence-electron chi connectivity index (χ2n) is 4.11. The number of nitrogens with zero attached hydrogens (tertiary/aromatic N) is 2. The van der Waals surface area contributed by atoms with Gasteiger partial charge in [0.15, 0.2) is 5.25 Å². The summed E-state index contributed by atoms with van der Waals surface area (Å²) in [5.74, 6) is 0. The van der Waals surface area contributed by atoms with Crippen molar-refractivity contribution in [1.29, 1.82) is 5.26 Å². The summed E-state index contributed by atoms with van der Waals surface area (Å²) in [6.07, 6.45) is 3.66.